The van der Waals surface area contributed by atoms with Crippen LogP contribution in [0, 0.1) is 0 Å². The molecule has 0 heterocycles. The van der Waals surface area contributed by atoms with Crippen molar-refractivity contribution in [3.05, 3.63) is 0 Å². The van der Waals surface area contributed by atoms with Crippen molar-refractivity contribution in [2.24, 2.45) is 9.98 Å². The number of hydrogen-bond donors (Lipinski definition) is 0. The summed E-state index contributed by atoms with van der Waals surface area (Å²) in [5.74, 6) is -0.211. The lowest BCUT2D eigenvalue weighted by Gasteiger charge is -2.14. The third-order valence-electron chi connectivity index (χ3n) is 1.52. The predicted octanol–water partition coefficient (Wildman–Crippen LogP) is 0.657. The Balaban J connectivity index is 4.13. The molecule has 0 N–H and O–H groups in total. The molecule has 0 aromatic heterocycles. The van der Waals surface area contributed by atoms with Crippen molar-refractivity contribution in [1.29, 1.82) is 0 Å². The lowest BCUT2D eigenvalue weighted by molar-refractivity contribution is -0.121. The fourth-order valence-electron chi connectivity index (χ4n) is 0.470. The molecule has 68 valence electrons. The molecule has 0 aromatic rings. The molecule has 0 saturated heterocycles. The predicted molar refractivity (Wildman–Crippen MR) is 48.6 cm³/mol. The minimum absolute atomic E-state index is 0.204. The zero-order valence-corrected chi connectivity index (χ0v) is 8.03. The highest BCUT2D eigenvalue weighted by Gasteiger charge is 2.12. The largest absolute Gasteiger partial charge is 0.298 e. The van der Waals surface area contributed by atoms with Gasteiger partial charge in [0.2, 0.25) is 0 Å². The van der Waals surface area contributed by atoms with Crippen LogP contribution in [-0.4, -0.2) is 43.5 Å². The van der Waals surface area contributed by atoms with Crippen molar-refractivity contribution in [3.8, 4) is 0 Å². The summed E-state index contributed by atoms with van der Waals surface area (Å²) in [6.45, 7) is 4.26. The molecule has 0 spiro atoms. The number of amides is 1. The molecule has 0 bridgehead atoms. The van der Waals surface area contributed by atoms with Crippen molar-refractivity contribution in [1.82, 2.24) is 4.90 Å². The normalized spacial score (nSPS) is 12.1. The van der Waals surface area contributed by atoms with Gasteiger partial charge < -0.3 is 0 Å². The number of aliphatic imine (C=N–C) groups is 2. The summed E-state index contributed by atoms with van der Waals surface area (Å²) < 4.78 is 0. The van der Waals surface area contributed by atoms with E-state index in [1.54, 1.807) is 11.8 Å². The maximum absolute atomic E-state index is 11.1. The van der Waals surface area contributed by atoms with Crippen LogP contribution in [0.15, 0.2) is 9.98 Å². The Morgan fingerprint density at radius 3 is 2.58 bits per heavy atom. The second-order valence-electron chi connectivity index (χ2n) is 2.66. The molecule has 4 heteroatoms. The average molecular weight is 169 g/mol. The third-order valence-corrected chi connectivity index (χ3v) is 1.52. The van der Waals surface area contributed by atoms with Crippen molar-refractivity contribution in [3.63, 3.8) is 0 Å². The molecule has 0 rings (SSSR count). The number of likely N-dealkylation sites (N-methyl/N-ethyl adjacent to an activating group) is 1. The lowest BCUT2D eigenvalue weighted by atomic mass is 10.3. The molecule has 1 amide bonds. The molecule has 0 radical (unpaired) electrons. The minimum atomic E-state index is -0.211. The topological polar surface area (TPSA) is 45.0 Å². The summed E-state index contributed by atoms with van der Waals surface area (Å²) in [6.07, 6.45) is 0. The van der Waals surface area contributed by atoms with E-state index < -0.39 is 0 Å². The minimum Gasteiger partial charge on any atom is -0.298 e. The van der Waals surface area contributed by atoms with Crippen LogP contribution < -0.4 is 0 Å². The average Bonchev–Trinajstić information content (AvgIpc) is 2.03. The Labute approximate surface area is 73.0 Å². The van der Waals surface area contributed by atoms with Crippen LogP contribution in [0.1, 0.15) is 13.8 Å². The Bertz CT molecular complexity index is 204. The fourth-order valence-corrected chi connectivity index (χ4v) is 0.470. The van der Waals surface area contributed by atoms with Crippen molar-refractivity contribution < 1.29 is 4.79 Å². The highest BCUT2D eigenvalue weighted by molar-refractivity contribution is 5.86. The van der Waals surface area contributed by atoms with Crippen molar-refractivity contribution in [2.75, 3.05) is 20.6 Å². The van der Waals surface area contributed by atoms with Crippen LogP contribution in [0.4, 0.5) is 0 Å². The van der Waals surface area contributed by atoms with Gasteiger partial charge in [-0.1, -0.05) is 0 Å². The van der Waals surface area contributed by atoms with E-state index in [1.165, 1.54) is 0 Å². The van der Waals surface area contributed by atoms with Gasteiger partial charge >= 0.3 is 0 Å². The highest BCUT2D eigenvalue weighted by atomic mass is 16.1. The number of rotatable bonds is 3. The molecule has 1 unspecified atom stereocenters. The van der Waals surface area contributed by atoms with E-state index in [9.17, 15) is 4.79 Å². The number of hydrogen-bond acceptors (Lipinski definition) is 3. The molecular weight excluding hydrogens is 154 g/mol. The standard InChI is InChI=1S/C8H15N3O/c1-5-9-6-10-8(12)7(2)11(3)4/h7H,5H2,1-4H3. The first-order chi connectivity index (χ1) is 5.59. The van der Waals surface area contributed by atoms with E-state index in [0.717, 1.165) is 0 Å². The van der Waals surface area contributed by atoms with Gasteiger partial charge in [0, 0.05) is 6.54 Å². The Morgan fingerprint density at radius 2 is 2.17 bits per heavy atom. The molecule has 0 fully saturated rings. The van der Waals surface area contributed by atoms with Gasteiger partial charge in [0.15, 0.2) is 0 Å². The van der Waals surface area contributed by atoms with Gasteiger partial charge in [-0.05, 0) is 27.9 Å². The molecule has 12 heavy (non-hydrogen) atoms. The summed E-state index contributed by atoms with van der Waals surface area (Å²) in [5.41, 5.74) is 0. The van der Waals surface area contributed by atoms with Gasteiger partial charge in [-0.25, -0.2) is 4.99 Å². The van der Waals surface area contributed by atoms with Gasteiger partial charge in [-0.3, -0.25) is 9.69 Å². The zero-order chi connectivity index (χ0) is 9.56. The molecule has 1 atom stereocenters. The molecule has 4 nitrogen and oxygen atoms in total. The van der Waals surface area contributed by atoms with Crippen LogP contribution >= 0.6 is 0 Å². The molecule has 0 aliphatic rings. The van der Waals surface area contributed by atoms with Crippen LogP contribution in [0.2, 0.25) is 0 Å². The molecule has 0 saturated carbocycles. The van der Waals surface area contributed by atoms with Crippen molar-refractivity contribution in [2.45, 2.75) is 19.9 Å². The Kier molecular flexibility index (Phi) is 5.17. The van der Waals surface area contributed by atoms with E-state index >= 15 is 0 Å². The van der Waals surface area contributed by atoms with Gasteiger partial charge in [0.05, 0.1) is 12.1 Å². The number of nitrogens with zero attached hydrogens (tertiary/aromatic N) is 3. The third kappa shape index (κ3) is 4.01. The van der Waals surface area contributed by atoms with E-state index in [0.29, 0.717) is 6.54 Å². The molecule has 0 aliphatic heterocycles. The quantitative estimate of drug-likeness (QED) is 0.582. The van der Waals surface area contributed by atoms with E-state index in [-0.39, 0.29) is 11.9 Å². The summed E-state index contributed by atoms with van der Waals surface area (Å²) in [5, 5.41) is 0. The second kappa shape index (κ2) is 5.63. The summed E-state index contributed by atoms with van der Waals surface area (Å²) >= 11 is 0. The maximum atomic E-state index is 11.1. The number of carbonyl (C=O) groups excluding carboxylic acids is 1. The van der Waals surface area contributed by atoms with E-state index in [4.69, 9.17) is 0 Å². The lowest BCUT2D eigenvalue weighted by Crippen LogP contribution is -2.31. The van der Waals surface area contributed by atoms with Crippen LogP contribution in [0.25, 0.3) is 0 Å². The summed E-state index contributed by atoms with van der Waals surface area (Å²) in [4.78, 5) is 20.2. The van der Waals surface area contributed by atoms with Crippen LogP contribution in [0.3, 0.4) is 0 Å². The smallest absolute Gasteiger partial charge is 0.272 e. The van der Waals surface area contributed by atoms with Gasteiger partial charge in [-0.2, -0.15) is 0 Å². The van der Waals surface area contributed by atoms with Crippen molar-refractivity contribution >= 4 is 11.9 Å². The fraction of sp³-hybridized carbons (Fsp3) is 0.750. The van der Waals surface area contributed by atoms with Crippen LogP contribution in [-0.2, 0) is 4.79 Å². The summed E-state index contributed by atoms with van der Waals surface area (Å²) in [7, 11) is 3.66. The molecule has 0 aromatic carbocycles. The zero-order valence-electron chi connectivity index (χ0n) is 8.03. The van der Waals surface area contributed by atoms with Gasteiger partial charge in [0.25, 0.3) is 5.91 Å². The van der Waals surface area contributed by atoms with Crippen LogP contribution in [0.5, 0.6) is 0 Å². The Hall–Kier alpha value is -0.990. The molecule has 0 aliphatic carbocycles. The highest BCUT2D eigenvalue weighted by Crippen LogP contribution is 1.92. The first kappa shape index (κ1) is 11.0. The first-order valence-corrected chi connectivity index (χ1v) is 3.92. The Morgan fingerprint density at radius 1 is 1.58 bits per heavy atom. The molecular formula is C8H15N3O. The van der Waals surface area contributed by atoms with E-state index in [1.807, 2.05) is 21.0 Å². The SMILES string of the molecule is CCN=C=NC(=O)C(C)N(C)C. The monoisotopic (exact) mass is 169 g/mol. The number of carbonyl (C=O) groups is 1. The van der Waals surface area contributed by atoms with Gasteiger partial charge in [-0.15, -0.1) is 4.99 Å². The first-order valence-electron chi connectivity index (χ1n) is 3.92. The van der Waals surface area contributed by atoms with E-state index in [2.05, 4.69) is 16.0 Å². The maximum Gasteiger partial charge on any atom is 0.272 e. The van der Waals surface area contributed by atoms with Gasteiger partial charge in [0.1, 0.15) is 0 Å². The second-order valence-corrected chi connectivity index (χ2v) is 2.66. The summed E-state index contributed by atoms with van der Waals surface area (Å²) in [6, 6.07) is 2.14.